The Bertz CT molecular complexity index is 635. The third-order valence-corrected chi connectivity index (χ3v) is 4.71. The van der Waals surface area contributed by atoms with Crippen molar-refractivity contribution in [2.75, 3.05) is 38.7 Å². The van der Waals surface area contributed by atoms with Crippen molar-refractivity contribution in [1.29, 1.82) is 0 Å². The van der Waals surface area contributed by atoms with Gasteiger partial charge in [-0.05, 0) is 50.2 Å². The largest absolute Gasteiger partial charge is 0.384 e. The number of hydrogen-bond donors (Lipinski definition) is 2. The molecular formula is C17H22ClN3O. The molecule has 4 nitrogen and oxygen atoms in total. The Morgan fingerprint density at radius 2 is 2.14 bits per heavy atom. The van der Waals surface area contributed by atoms with E-state index in [-0.39, 0.29) is 5.41 Å². The second kappa shape index (κ2) is 6.82. The average Bonchev–Trinajstić information content (AvgIpc) is 2.54. The summed E-state index contributed by atoms with van der Waals surface area (Å²) in [7, 11) is 1.79. The lowest BCUT2D eigenvalue weighted by Gasteiger charge is -2.37. The third-order valence-electron chi connectivity index (χ3n) is 4.47. The first-order valence-electron chi connectivity index (χ1n) is 7.70. The van der Waals surface area contributed by atoms with Crippen LogP contribution < -0.4 is 10.6 Å². The number of hydrogen-bond acceptors (Lipinski definition) is 4. The Kier molecular flexibility index (Phi) is 4.81. The minimum absolute atomic E-state index is 0.196. The van der Waals surface area contributed by atoms with E-state index in [0.29, 0.717) is 5.02 Å². The molecular weight excluding hydrogens is 298 g/mol. The van der Waals surface area contributed by atoms with Gasteiger partial charge in [-0.15, -0.1) is 0 Å². The quantitative estimate of drug-likeness (QED) is 0.887. The van der Waals surface area contributed by atoms with Gasteiger partial charge in [-0.3, -0.25) is 4.98 Å². The van der Waals surface area contributed by atoms with E-state index in [1.165, 1.54) is 0 Å². The van der Waals surface area contributed by atoms with Gasteiger partial charge in [-0.1, -0.05) is 11.6 Å². The second-order valence-electron chi connectivity index (χ2n) is 6.06. The lowest BCUT2D eigenvalue weighted by Crippen LogP contribution is -2.44. The zero-order valence-corrected chi connectivity index (χ0v) is 13.6. The van der Waals surface area contributed by atoms with E-state index in [1.54, 1.807) is 7.11 Å². The maximum Gasteiger partial charge on any atom is 0.0737 e. The third kappa shape index (κ3) is 3.35. The average molecular weight is 320 g/mol. The van der Waals surface area contributed by atoms with Gasteiger partial charge in [0.05, 0.1) is 12.1 Å². The zero-order chi connectivity index (χ0) is 15.4. The van der Waals surface area contributed by atoms with E-state index in [9.17, 15) is 0 Å². The van der Waals surface area contributed by atoms with Crippen LogP contribution in [0.15, 0.2) is 30.5 Å². The van der Waals surface area contributed by atoms with Crippen molar-refractivity contribution in [3.8, 4) is 0 Å². The fourth-order valence-corrected chi connectivity index (χ4v) is 3.36. The number of halogens is 1. The topological polar surface area (TPSA) is 46.2 Å². The van der Waals surface area contributed by atoms with E-state index in [1.807, 2.05) is 30.5 Å². The first kappa shape index (κ1) is 15.5. The van der Waals surface area contributed by atoms with Crippen molar-refractivity contribution in [3.63, 3.8) is 0 Å². The van der Waals surface area contributed by atoms with E-state index in [2.05, 4.69) is 15.6 Å². The predicted octanol–water partition coefficient (Wildman–Crippen LogP) is 3.32. The number of pyridine rings is 1. The Morgan fingerprint density at radius 1 is 1.32 bits per heavy atom. The van der Waals surface area contributed by atoms with E-state index >= 15 is 0 Å². The molecule has 1 saturated heterocycles. The van der Waals surface area contributed by atoms with Crippen LogP contribution in [0.1, 0.15) is 12.8 Å². The van der Waals surface area contributed by atoms with Crippen LogP contribution in [0.5, 0.6) is 0 Å². The summed E-state index contributed by atoms with van der Waals surface area (Å²) in [6.07, 6.45) is 4.08. The van der Waals surface area contributed by atoms with Crippen molar-refractivity contribution in [1.82, 2.24) is 10.3 Å². The summed E-state index contributed by atoms with van der Waals surface area (Å²) in [4.78, 5) is 4.39. The Balaban J connectivity index is 1.80. The second-order valence-corrected chi connectivity index (χ2v) is 6.49. The van der Waals surface area contributed by atoms with Crippen LogP contribution in [0.2, 0.25) is 5.02 Å². The number of benzene rings is 1. The van der Waals surface area contributed by atoms with Gasteiger partial charge in [0.15, 0.2) is 0 Å². The number of ether oxygens (including phenoxy) is 1. The Hall–Kier alpha value is -1.36. The molecule has 5 heteroatoms. The molecule has 0 radical (unpaired) electrons. The molecule has 0 aliphatic carbocycles. The highest BCUT2D eigenvalue weighted by molar-refractivity contribution is 6.31. The van der Waals surface area contributed by atoms with Crippen molar-refractivity contribution < 1.29 is 4.74 Å². The van der Waals surface area contributed by atoms with Crippen LogP contribution in [0.3, 0.4) is 0 Å². The molecule has 0 saturated carbocycles. The molecule has 2 N–H and O–H groups in total. The molecule has 3 rings (SSSR count). The van der Waals surface area contributed by atoms with Crippen LogP contribution in [0.4, 0.5) is 5.69 Å². The van der Waals surface area contributed by atoms with Gasteiger partial charge < -0.3 is 15.4 Å². The van der Waals surface area contributed by atoms with Gasteiger partial charge in [-0.2, -0.15) is 0 Å². The fourth-order valence-electron chi connectivity index (χ4n) is 3.19. The normalized spacial score (nSPS) is 17.5. The molecule has 0 spiro atoms. The van der Waals surface area contributed by atoms with Crippen molar-refractivity contribution in [2.24, 2.45) is 5.41 Å². The summed E-state index contributed by atoms with van der Waals surface area (Å²) >= 11 is 6.05. The van der Waals surface area contributed by atoms with E-state index < -0.39 is 0 Å². The summed E-state index contributed by atoms with van der Waals surface area (Å²) in [5, 5.41) is 8.85. The maximum atomic E-state index is 6.05. The van der Waals surface area contributed by atoms with E-state index in [0.717, 1.165) is 55.7 Å². The number of nitrogens with zero attached hydrogens (tertiary/aromatic N) is 1. The fraction of sp³-hybridized carbons (Fsp3) is 0.471. The standard InChI is InChI=1S/C17H22ClN3O/c1-22-12-17(5-8-19-9-6-17)11-21-15-4-7-20-16-10-13(18)2-3-14(15)16/h2-4,7,10,19H,5-6,8-9,11-12H2,1H3,(H,20,21). The van der Waals surface area contributed by atoms with Crippen LogP contribution in [-0.4, -0.2) is 38.3 Å². The molecule has 1 aromatic carbocycles. The lowest BCUT2D eigenvalue weighted by molar-refractivity contribution is 0.0636. The van der Waals surface area contributed by atoms with Crippen molar-refractivity contribution in [2.45, 2.75) is 12.8 Å². The number of nitrogens with one attached hydrogen (secondary N) is 2. The smallest absolute Gasteiger partial charge is 0.0737 e. The highest BCUT2D eigenvalue weighted by atomic mass is 35.5. The van der Waals surface area contributed by atoms with Gasteiger partial charge in [0.2, 0.25) is 0 Å². The molecule has 1 fully saturated rings. The minimum atomic E-state index is 0.196. The zero-order valence-electron chi connectivity index (χ0n) is 12.9. The number of anilines is 1. The number of piperidine rings is 1. The molecule has 118 valence electrons. The van der Waals surface area contributed by atoms with Crippen molar-refractivity contribution in [3.05, 3.63) is 35.5 Å². The number of aromatic nitrogens is 1. The summed E-state index contributed by atoms with van der Waals surface area (Å²) in [5.41, 5.74) is 2.22. The molecule has 0 bridgehead atoms. The molecule has 0 amide bonds. The summed E-state index contributed by atoms with van der Waals surface area (Å²) in [5.74, 6) is 0. The van der Waals surface area contributed by atoms with Gasteiger partial charge in [-0.25, -0.2) is 0 Å². The van der Waals surface area contributed by atoms with Crippen LogP contribution in [0.25, 0.3) is 10.9 Å². The Morgan fingerprint density at radius 3 is 2.91 bits per heavy atom. The maximum absolute atomic E-state index is 6.05. The molecule has 1 aliphatic rings. The Labute approximate surface area is 136 Å². The predicted molar refractivity (Wildman–Crippen MR) is 91.7 cm³/mol. The SMILES string of the molecule is COCC1(CNc2ccnc3cc(Cl)ccc23)CCNCC1. The first-order chi connectivity index (χ1) is 10.7. The first-order valence-corrected chi connectivity index (χ1v) is 8.08. The van der Waals surface area contributed by atoms with Crippen LogP contribution in [0, 0.1) is 5.41 Å². The molecule has 0 unspecified atom stereocenters. The summed E-state index contributed by atoms with van der Waals surface area (Å²) in [6, 6.07) is 7.86. The van der Waals surface area contributed by atoms with Crippen LogP contribution >= 0.6 is 11.6 Å². The monoisotopic (exact) mass is 319 g/mol. The molecule has 2 heterocycles. The minimum Gasteiger partial charge on any atom is -0.384 e. The van der Waals surface area contributed by atoms with E-state index in [4.69, 9.17) is 16.3 Å². The number of fused-ring (bicyclic) bond motifs is 1. The summed E-state index contributed by atoms with van der Waals surface area (Å²) < 4.78 is 5.48. The van der Waals surface area contributed by atoms with Crippen LogP contribution in [-0.2, 0) is 4.74 Å². The van der Waals surface area contributed by atoms with Gasteiger partial charge >= 0.3 is 0 Å². The van der Waals surface area contributed by atoms with Gasteiger partial charge in [0.25, 0.3) is 0 Å². The molecule has 2 aromatic rings. The highest BCUT2D eigenvalue weighted by Crippen LogP contribution is 2.31. The van der Waals surface area contributed by atoms with Gasteiger partial charge in [0.1, 0.15) is 0 Å². The molecule has 1 aliphatic heterocycles. The number of rotatable bonds is 5. The lowest BCUT2D eigenvalue weighted by atomic mass is 9.79. The highest BCUT2D eigenvalue weighted by Gasteiger charge is 2.32. The van der Waals surface area contributed by atoms with Gasteiger partial charge in [0, 0.05) is 41.4 Å². The molecule has 22 heavy (non-hydrogen) atoms. The van der Waals surface area contributed by atoms with Crippen molar-refractivity contribution >= 4 is 28.2 Å². The number of methoxy groups -OCH3 is 1. The molecule has 1 aromatic heterocycles. The molecule has 0 atom stereocenters. The summed E-state index contributed by atoms with van der Waals surface area (Å²) in [6.45, 7) is 3.80.